The Balaban J connectivity index is 2.39. The molecule has 0 N–H and O–H groups in total. The van der Waals surface area contributed by atoms with Gasteiger partial charge in [-0.05, 0) is 30.3 Å². The van der Waals surface area contributed by atoms with Gasteiger partial charge in [-0.3, -0.25) is 0 Å². The molecule has 0 unspecified atom stereocenters. The summed E-state index contributed by atoms with van der Waals surface area (Å²) in [6.07, 6.45) is -3.97. The molecule has 0 atom stereocenters. The van der Waals surface area contributed by atoms with E-state index in [4.69, 9.17) is 21.6 Å². The minimum atomic E-state index is -4.56. The molecule has 2 aromatic rings. The van der Waals surface area contributed by atoms with E-state index in [0.717, 1.165) is 6.07 Å². The smallest absolute Gasteiger partial charge is 0.418 e. The van der Waals surface area contributed by atoms with Crippen molar-refractivity contribution >= 4 is 11.6 Å². The molecule has 7 heteroatoms. The first-order valence-corrected chi connectivity index (χ1v) is 5.68. The molecule has 0 bridgehead atoms. The zero-order valence-corrected chi connectivity index (χ0v) is 10.5. The fourth-order valence-electron chi connectivity index (χ4n) is 1.39. The SMILES string of the molecule is N#Cc1ncc(C(F)(F)F)cc1Oc1ccc(Cl)cc1. The minimum absolute atomic E-state index is 0.229. The van der Waals surface area contributed by atoms with Crippen LogP contribution in [0.15, 0.2) is 36.5 Å². The van der Waals surface area contributed by atoms with E-state index in [1.165, 1.54) is 24.3 Å². The monoisotopic (exact) mass is 298 g/mol. The summed E-state index contributed by atoms with van der Waals surface area (Å²) in [7, 11) is 0. The van der Waals surface area contributed by atoms with Crippen LogP contribution in [0, 0.1) is 11.3 Å². The Bertz CT molecular complexity index is 663. The molecule has 0 saturated carbocycles. The van der Waals surface area contributed by atoms with E-state index < -0.39 is 11.7 Å². The summed E-state index contributed by atoms with van der Waals surface area (Å²) in [5.74, 6) is -0.00308. The van der Waals surface area contributed by atoms with E-state index in [2.05, 4.69) is 4.98 Å². The van der Waals surface area contributed by atoms with Crippen LogP contribution >= 0.6 is 11.6 Å². The molecule has 0 aliphatic heterocycles. The number of aromatic nitrogens is 1. The molecular formula is C13H6ClF3N2O. The molecule has 0 spiro atoms. The van der Waals surface area contributed by atoms with Crippen LogP contribution in [0.3, 0.4) is 0 Å². The van der Waals surface area contributed by atoms with Crippen LogP contribution in [0.5, 0.6) is 11.5 Å². The Hall–Kier alpha value is -2.26. The largest absolute Gasteiger partial charge is 0.454 e. The number of alkyl halides is 3. The Morgan fingerprint density at radius 2 is 1.85 bits per heavy atom. The first-order chi connectivity index (χ1) is 9.40. The number of nitrogens with zero attached hydrogens (tertiary/aromatic N) is 2. The number of rotatable bonds is 2. The molecule has 1 aromatic carbocycles. The van der Waals surface area contributed by atoms with Gasteiger partial charge < -0.3 is 4.74 Å². The molecule has 1 aromatic heterocycles. The third-order valence-corrected chi connectivity index (χ3v) is 2.58. The van der Waals surface area contributed by atoms with Crippen molar-refractivity contribution in [2.45, 2.75) is 6.18 Å². The van der Waals surface area contributed by atoms with E-state index in [0.29, 0.717) is 11.2 Å². The summed E-state index contributed by atoms with van der Waals surface area (Å²) in [6.45, 7) is 0. The maximum absolute atomic E-state index is 12.6. The lowest BCUT2D eigenvalue weighted by Gasteiger charge is -2.10. The van der Waals surface area contributed by atoms with Crippen LogP contribution in [-0.2, 0) is 6.18 Å². The zero-order chi connectivity index (χ0) is 14.8. The Morgan fingerprint density at radius 3 is 2.40 bits per heavy atom. The quantitative estimate of drug-likeness (QED) is 0.824. The van der Waals surface area contributed by atoms with Gasteiger partial charge in [-0.1, -0.05) is 11.6 Å². The highest BCUT2D eigenvalue weighted by atomic mass is 35.5. The van der Waals surface area contributed by atoms with E-state index >= 15 is 0 Å². The average Bonchev–Trinajstić information content (AvgIpc) is 2.40. The maximum Gasteiger partial charge on any atom is 0.418 e. The summed E-state index contributed by atoms with van der Waals surface area (Å²) in [5.41, 5.74) is -1.21. The van der Waals surface area contributed by atoms with Crippen LogP contribution in [0.1, 0.15) is 11.3 Å². The van der Waals surface area contributed by atoms with Crippen molar-refractivity contribution in [3.8, 4) is 17.6 Å². The lowest BCUT2D eigenvalue weighted by molar-refractivity contribution is -0.137. The number of halogens is 4. The van der Waals surface area contributed by atoms with Crippen LogP contribution < -0.4 is 4.74 Å². The van der Waals surface area contributed by atoms with Gasteiger partial charge in [-0.2, -0.15) is 18.4 Å². The van der Waals surface area contributed by atoms with E-state index in [-0.39, 0.29) is 17.2 Å². The van der Waals surface area contributed by atoms with E-state index in [9.17, 15) is 13.2 Å². The number of pyridine rings is 1. The Labute approximate surface area is 117 Å². The third-order valence-electron chi connectivity index (χ3n) is 2.33. The second-order valence-electron chi connectivity index (χ2n) is 3.74. The fourth-order valence-corrected chi connectivity index (χ4v) is 1.52. The van der Waals surface area contributed by atoms with Gasteiger partial charge in [0.1, 0.15) is 11.8 Å². The van der Waals surface area contributed by atoms with Gasteiger partial charge in [0, 0.05) is 11.2 Å². The van der Waals surface area contributed by atoms with Gasteiger partial charge in [0.2, 0.25) is 0 Å². The Kier molecular flexibility index (Phi) is 3.81. The molecule has 0 radical (unpaired) electrons. The number of hydrogen-bond acceptors (Lipinski definition) is 3. The second kappa shape index (κ2) is 5.39. The normalized spacial score (nSPS) is 10.9. The standard InChI is InChI=1S/C13H6ClF3N2O/c14-9-1-3-10(4-2-9)20-12-5-8(13(15,16)17)7-19-11(12)6-18/h1-5,7H. The summed E-state index contributed by atoms with van der Waals surface area (Å²) in [5, 5.41) is 9.30. The minimum Gasteiger partial charge on any atom is -0.454 e. The van der Waals surface area contributed by atoms with Gasteiger partial charge >= 0.3 is 6.18 Å². The molecule has 0 aliphatic rings. The van der Waals surface area contributed by atoms with Crippen LogP contribution in [0.4, 0.5) is 13.2 Å². The predicted octanol–water partition coefficient (Wildman–Crippen LogP) is 4.42. The van der Waals surface area contributed by atoms with Crippen molar-refractivity contribution in [2.75, 3.05) is 0 Å². The molecule has 0 fully saturated rings. The number of hydrogen-bond donors (Lipinski definition) is 0. The van der Waals surface area contributed by atoms with Crippen LogP contribution in [0.2, 0.25) is 5.02 Å². The van der Waals surface area contributed by atoms with Crippen molar-refractivity contribution in [1.29, 1.82) is 5.26 Å². The molecule has 0 aliphatic carbocycles. The molecule has 1 heterocycles. The predicted molar refractivity (Wildman–Crippen MR) is 65.5 cm³/mol. The summed E-state index contributed by atoms with van der Waals surface area (Å²) in [6, 6.07) is 8.40. The van der Waals surface area contributed by atoms with Crippen LogP contribution in [-0.4, -0.2) is 4.98 Å². The van der Waals surface area contributed by atoms with E-state index in [1.54, 1.807) is 6.07 Å². The number of ether oxygens (including phenoxy) is 1. The zero-order valence-electron chi connectivity index (χ0n) is 9.78. The van der Waals surface area contributed by atoms with Crippen LogP contribution in [0.25, 0.3) is 0 Å². The van der Waals surface area contributed by atoms with Gasteiger partial charge in [-0.25, -0.2) is 4.98 Å². The summed E-state index contributed by atoms with van der Waals surface area (Å²) in [4.78, 5) is 3.45. The van der Waals surface area contributed by atoms with Gasteiger partial charge in [0.15, 0.2) is 11.4 Å². The molecule has 0 amide bonds. The molecule has 20 heavy (non-hydrogen) atoms. The Morgan fingerprint density at radius 1 is 1.20 bits per heavy atom. The lowest BCUT2D eigenvalue weighted by Crippen LogP contribution is -2.06. The average molecular weight is 299 g/mol. The highest BCUT2D eigenvalue weighted by molar-refractivity contribution is 6.30. The molecule has 3 nitrogen and oxygen atoms in total. The lowest BCUT2D eigenvalue weighted by atomic mass is 10.2. The van der Waals surface area contributed by atoms with Crippen molar-refractivity contribution < 1.29 is 17.9 Å². The van der Waals surface area contributed by atoms with E-state index in [1.807, 2.05) is 0 Å². The first-order valence-electron chi connectivity index (χ1n) is 5.31. The summed E-state index contributed by atoms with van der Waals surface area (Å²) >= 11 is 5.69. The maximum atomic E-state index is 12.6. The first kappa shape index (κ1) is 14.2. The second-order valence-corrected chi connectivity index (χ2v) is 4.17. The van der Waals surface area contributed by atoms with Crippen molar-refractivity contribution in [3.63, 3.8) is 0 Å². The molecule has 102 valence electrons. The molecule has 0 saturated heterocycles. The third kappa shape index (κ3) is 3.19. The van der Waals surface area contributed by atoms with Gasteiger partial charge in [0.05, 0.1) is 5.56 Å². The van der Waals surface area contributed by atoms with Crippen molar-refractivity contribution in [3.05, 3.63) is 52.8 Å². The van der Waals surface area contributed by atoms with Crippen molar-refractivity contribution in [2.24, 2.45) is 0 Å². The van der Waals surface area contributed by atoms with Gasteiger partial charge in [0.25, 0.3) is 0 Å². The highest BCUT2D eigenvalue weighted by Gasteiger charge is 2.32. The summed E-state index contributed by atoms with van der Waals surface area (Å²) < 4.78 is 43.0. The number of nitriles is 1. The van der Waals surface area contributed by atoms with Gasteiger partial charge in [-0.15, -0.1) is 0 Å². The van der Waals surface area contributed by atoms with Crippen molar-refractivity contribution in [1.82, 2.24) is 4.98 Å². The molecular weight excluding hydrogens is 293 g/mol. The number of benzene rings is 1. The highest BCUT2D eigenvalue weighted by Crippen LogP contribution is 2.33. The fraction of sp³-hybridized carbons (Fsp3) is 0.0769. The molecule has 2 rings (SSSR count). The topological polar surface area (TPSA) is 45.9 Å².